The summed E-state index contributed by atoms with van der Waals surface area (Å²) in [4.78, 5) is 41.8. The Morgan fingerprint density at radius 2 is 1.80 bits per heavy atom. The quantitative estimate of drug-likeness (QED) is 0.101. The molecule has 7 rings (SSSR count). The molecule has 4 atom stereocenters. The number of aliphatic hydroxyl groups excluding tert-OH is 1. The van der Waals surface area contributed by atoms with Crippen molar-refractivity contribution in [2.24, 2.45) is 5.92 Å². The van der Waals surface area contributed by atoms with Crippen molar-refractivity contribution in [2.45, 2.75) is 63.2 Å². The van der Waals surface area contributed by atoms with Gasteiger partial charge in [0, 0.05) is 61.3 Å². The van der Waals surface area contributed by atoms with Crippen LogP contribution in [0.2, 0.25) is 18.6 Å². The molecule has 0 radical (unpaired) electrons. The molecule has 1 N–H and O–H groups in total. The SMILES string of the molecule is COc1ccc([Si](C)(C)[C@@H]2[C@@H](CCn3cc(CCO)nn3)O[C@]3(C(=O)N(Cc4cccc(-n5cccc(OC)c5=O)c4)c4ccc([N+](=O)[O-])cc43)[C@H]2C)cc1. The highest BCUT2D eigenvalue weighted by molar-refractivity contribution is 6.91. The van der Waals surface area contributed by atoms with Gasteiger partial charge >= 0.3 is 0 Å². The van der Waals surface area contributed by atoms with Crippen LogP contribution < -0.4 is 25.1 Å². The van der Waals surface area contributed by atoms with E-state index in [1.165, 1.54) is 23.8 Å². The van der Waals surface area contributed by atoms with Crippen LogP contribution in [0.1, 0.15) is 30.2 Å². The number of carbonyl (C=O) groups excluding carboxylic acids is 1. The van der Waals surface area contributed by atoms with Crippen LogP contribution in [0.4, 0.5) is 11.4 Å². The van der Waals surface area contributed by atoms with Gasteiger partial charge in [-0.15, -0.1) is 5.10 Å². The van der Waals surface area contributed by atoms with E-state index in [4.69, 9.17) is 14.2 Å². The Bertz CT molecular complexity index is 2290. The molecule has 286 valence electrons. The molecule has 2 aromatic heterocycles. The van der Waals surface area contributed by atoms with E-state index in [2.05, 4.69) is 35.5 Å². The summed E-state index contributed by atoms with van der Waals surface area (Å²) in [5.74, 6) is 0.261. The molecule has 3 aromatic carbocycles. The fraction of sp³-hybridized carbons (Fsp3) is 0.350. The number of aromatic nitrogens is 4. The standard InChI is InChI=1S/C40H44N6O8Si/c1-26-37(55(4,5)32-14-12-31(52-2)13-15-32)35(17-20-43-25-28(18-21-47)41-42-43)54-40(26)33-23-30(46(50)51)11-16-34(33)45(39(40)49)24-27-8-6-9-29(22-27)44-19-7-10-36(53-3)38(44)48/h6-16,19,22-23,25-26,35,37,47H,17-18,20-21,24H2,1-5H3/t26-,35+,37-,40+/m0/s1. The van der Waals surface area contributed by atoms with Crippen LogP contribution in [0.25, 0.3) is 5.69 Å². The van der Waals surface area contributed by atoms with E-state index < -0.39 is 24.7 Å². The number of ether oxygens (including phenoxy) is 3. The van der Waals surface area contributed by atoms with Gasteiger partial charge in [-0.2, -0.15) is 0 Å². The molecule has 14 nitrogen and oxygen atoms in total. The maximum Gasteiger partial charge on any atom is 0.297 e. The van der Waals surface area contributed by atoms with Gasteiger partial charge in [0.05, 0.1) is 51.2 Å². The first-order chi connectivity index (χ1) is 26.4. The fourth-order valence-electron chi connectivity index (χ4n) is 8.60. The second-order valence-corrected chi connectivity index (χ2v) is 19.4. The summed E-state index contributed by atoms with van der Waals surface area (Å²) >= 11 is 0. The molecule has 1 spiro atoms. The third-order valence-electron chi connectivity index (χ3n) is 11.3. The highest BCUT2D eigenvalue weighted by atomic mass is 28.3. The number of fused-ring (bicyclic) bond motifs is 2. The van der Waals surface area contributed by atoms with Crippen LogP contribution in [-0.2, 0) is 34.6 Å². The molecule has 5 aromatic rings. The number of nitro benzene ring substituents is 1. The number of anilines is 1. The number of methoxy groups -OCH3 is 2. The molecular weight excluding hydrogens is 721 g/mol. The molecule has 2 aliphatic rings. The van der Waals surface area contributed by atoms with Gasteiger partial charge in [0.15, 0.2) is 11.4 Å². The number of hydrogen-bond donors (Lipinski definition) is 1. The number of hydrogen-bond acceptors (Lipinski definition) is 10. The number of amides is 1. The average Bonchev–Trinajstić information content (AvgIpc) is 3.83. The predicted molar refractivity (Wildman–Crippen MR) is 208 cm³/mol. The van der Waals surface area contributed by atoms with Gasteiger partial charge in [0.2, 0.25) is 0 Å². The van der Waals surface area contributed by atoms with Gasteiger partial charge in [0.25, 0.3) is 17.2 Å². The molecule has 1 amide bonds. The average molecular weight is 765 g/mol. The molecule has 1 saturated heterocycles. The lowest BCUT2D eigenvalue weighted by atomic mass is 9.82. The predicted octanol–water partition coefficient (Wildman–Crippen LogP) is 4.74. The number of pyridine rings is 1. The van der Waals surface area contributed by atoms with Gasteiger partial charge in [-0.3, -0.25) is 29.0 Å². The van der Waals surface area contributed by atoms with Crippen LogP contribution in [0.5, 0.6) is 11.5 Å². The van der Waals surface area contributed by atoms with Gasteiger partial charge in [-0.1, -0.05) is 54.7 Å². The fourth-order valence-corrected chi connectivity index (χ4v) is 12.7. The Morgan fingerprint density at radius 1 is 1.02 bits per heavy atom. The van der Waals surface area contributed by atoms with Gasteiger partial charge < -0.3 is 24.2 Å². The Labute approximate surface area is 319 Å². The van der Waals surface area contributed by atoms with Crippen LogP contribution >= 0.6 is 0 Å². The first kappa shape index (κ1) is 37.7. The van der Waals surface area contributed by atoms with E-state index in [1.807, 2.05) is 37.3 Å². The third-order valence-corrected chi connectivity index (χ3v) is 15.6. The van der Waals surface area contributed by atoms with E-state index in [1.54, 1.807) is 53.4 Å². The number of aryl methyl sites for hydroxylation is 1. The maximum absolute atomic E-state index is 15.3. The van der Waals surface area contributed by atoms with Crippen molar-refractivity contribution in [3.63, 3.8) is 0 Å². The Kier molecular flexibility index (Phi) is 10.2. The summed E-state index contributed by atoms with van der Waals surface area (Å²) in [6.45, 7) is 7.14. The third kappa shape index (κ3) is 6.61. The van der Waals surface area contributed by atoms with Crippen molar-refractivity contribution in [1.29, 1.82) is 0 Å². The number of benzene rings is 3. The zero-order valence-corrected chi connectivity index (χ0v) is 32.4. The molecule has 0 aliphatic carbocycles. The van der Waals surface area contributed by atoms with Crippen molar-refractivity contribution in [2.75, 3.05) is 25.7 Å². The van der Waals surface area contributed by atoms with Gasteiger partial charge in [-0.05, 0) is 60.0 Å². The first-order valence-electron chi connectivity index (χ1n) is 18.2. The summed E-state index contributed by atoms with van der Waals surface area (Å²) in [6.07, 6.45) is 3.92. The maximum atomic E-state index is 15.3. The van der Waals surface area contributed by atoms with Crippen LogP contribution in [0.15, 0.2) is 96.1 Å². The lowest BCUT2D eigenvalue weighted by Crippen LogP contribution is -2.51. The van der Waals surface area contributed by atoms with Crippen LogP contribution in [0.3, 0.4) is 0 Å². The monoisotopic (exact) mass is 764 g/mol. The molecule has 0 bridgehead atoms. The summed E-state index contributed by atoms with van der Waals surface area (Å²) < 4.78 is 21.1. The smallest absolute Gasteiger partial charge is 0.297 e. The normalized spacial score (nSPS) is 20.6. The minimum atomic E-state index is -2.49. The van der Waals surface area contributed by atoms with Crippen molar-refractivity contribution in [1.82, 2.24) is 19.6 Å². The number of non-ortho nitro benzene ring substituents is 1. The van der Waals surface area contributed by atoms with Crippen molar-refractivity contribution in [3.8, 4) is 17.2 Å². The largest absolute Gasteiger partial charge is 0.497 e. The highest BCUT2D eigenvalue weighted by Gasteiger charge is 2.66. The topological polar surface area (TPSA) is 164 Å². The van der Waals surface area contributed by atoms with Gasteiger partial charge in [0.1, 0.15) is 5.75 Å². The Balaban J connectivity index is 1.31. The van der Waals surface area contributed by atoms with Crippen molar-refractivity contribution in [3.05, 3.63) is 129 Å². The molecule has 2 aliphatic heterocycles. The molecule has 0 saturated carbocycles. The number of nitro groups is 1. The van der Waals surface area contributed by atoms with Crippen LogP contribution in [-0.4, -0.2) is 70.5 Å². The number of aliphatic hydroxyl groups is 1. The zero-order valence-electron chi connectivity index (χ0n) is 31.4. The second-order valence-electron chi connectivity index (χ2n) is 14.7. The Morgan fingerprint density at radius 3 is 2.51 bits per heavy atom. The number of rotatable bonds is 13. The molecule has 1 fully saturated rings. The molecule has 0 unspecified atom stereocenters. The summed E-state index contributed by atoms with van der Waals surface area (Å²) in [5.41, 5.74) is 0.955. The van der Waals surface area contributed by atoms with E-state index >= 15 is 4.79 Å². The molecule has 4 heterocycles. The minimum Gasteiger partial charge on any atom is -0.497 e. The van der Waals surface area contributed by atoms with Crippen LogP contribution in [0, 0.1) is 16.0 Å². The van der Waals surface area contributed by atoms with E-state index in [0.717, 1.165) is 16.5 Å². The van der Waals surface area contributed by atoms with Crippen molar-refractivity contribution >= 4 is 30.5 Å². The summed E-state index contributed by atoms with van der Waals surface area (Å²) in [6, 6.07) is 23.3. The number of nitrogens with zero attached hydrogens (tertiary/aromatic N) is 6. The lowest BCUT2D eigenvalue weighted by molar-refractivity contribution is -0.385. The second kappa shape index (κ2) is 14.9. The van der Waals surface area contributed by atoms with Gasteiger partial charge in [-0.25, -0.2) is 0 Å². The minimum absolute atomic E-state index is 0.0395. The van der Waals surface area contributed by atoms with E-state index in [9.17, 15) is 20.0 Å². The molecule has 15 heteroatoms. The highest BCUT2D eigenvalue weighted by Crippen LogP contribution is 2.60. The van der Waals surface area contributed by atoms with E-state index in [0.29, 0.717) is 42.0 Å². The first-order valence-corrected chi connectivity index (χ1v) is 21.3. The zero-order chi connectivity index (χ0) is 39.1. The van der Waals surface area contributed by atoms with Crippen molar-refractivity contribution < 1.29 is 29.0 Å². The molecular formula is C40H44N6O8Si. The summed E-state index contributed by atoms with van der Waals surface area (Å²) in [5, 5.41) is 31.2. The lowest BCUT2D eigenvalue weighted by Gasteiger charge is -2.37. The summed E-state index contributed by atoms with van der Waals surface area (Å²) in [7, 11) is 0.578. The van der Waals surface area contributed by atoms with E-state index in [-0.39, 0.29) is 47.5 Å². The number of carbonyl (C=O) groups is 1. The Hall–Kier alpha value is -5.64. The molecule has 55 heavy (non-hydrogen) atoms.